The highest BCUT2D eigenvalue weighted by Gasteiger charge is 2.26. The molecular formula is C16H16BrN3O2. The number of hydrogen-bond donors (Lipinski definition) is 0. The number of halogens is 1. The van der Waals surface area contributed by atoms with Gasteiger partial charge in [-0.15, -0.1) is 5.10 Å². The number of carbonyl (C=O) groups is 1. The summed E-state index contributed by atoms with van der Waals surface area (Å²) < 4.78 is 6.64. The second-order valence-corrected chi connectivity index (χ2v) is 6.03. The molecule has 0 N–H and O–H groups in total. The fraction of sp³-hybridized carbons (Fsp3) is 0.312. The fourth-order valence-electron chi connectivity index (χ4n) is 2.54. The van der Waals surface area contributed by atoms with Gasteiger partial charge in [0.2, 0.25) is 5.88 Å². The number of amides is 1. The Morgan fingerprint density at radius 2 is 2.14 bits per heavy atom. The van der Waals surface area contributed by atoms with Crippen molar-refractivity contribution in [3.05, 3.63) is 52.6 Å². The SMILES string of the molecule is O=C(c1ccccc1Br)N1CCCC(Oc2cccnn2)C1. The molecule has 1 unspecified atom stereocenters. The summed E-state index contributed by atoms with van der Waals surface area (Å²) in [5.74, 6) is 0.530. The highest BCUT2D eigenvalue weighted by atomic mass is 79.9. The van der Waals surface area contributed by atoms with Crippen molar-refractivity contribution in [1.29, 1.82) is 0 Å². The summed E-state index contributed by atoms with van der Waals surface area (Å²) >= 11 is 3.44. The van der Waals surface area contributed by atoms with Crippen LogP contribution >= 0.6 is 15.9 Å². The number of piperidine rings is 1. The largest absolute Gasteiger partial charge is 0.471 e. The number of rotatable bonds is 3. The van der Waals surface area contributed by atoms with E-state index in [4.69, 9.17) is 4.74 Å². The van der Waals surface area contributed by atoms with Crippen LogP contribution in [0.5, 0.6) is 5.88 Å². The van der Waals surface area contributed by atoms with Crippen LogP contribution in [-0.4, -0.2) is 40.2 Å². The van der Waals surface area contributed by atoms with Gasteiger partial charge >= 0.3 is 0 Å². The molecule has 0 saturated carbocycles. The molecule has 1 atom stereocenters. The van der Waals surface area contributed by atoms with Gasteiger partial charge in [-0.1, -0.05) is 12.1 Å². The first-order valence-corrected chi connectivity index (χ1v) is 8.01. The molecule has 1 aromatic carbocycles. The molecule has 1 aromatic heterocycles. The molecule has 1 fully saturated rings. The van der Waals surface area contributed by atoms with Gasteiger partial charge in [0.25, 0.3) is 5.91 Å². The minimum Gasteiger partial charge on any atom is -0.471 e. The molecule has 1 amide bonds. The van der Waals surface area contributed by atoms with E-state index >= 15 is 0 Å². The molecule has 22 heavy (non-hydrogen) atoms. The third kappa shape index (κ3) is 3.44. The summed E-state index contributed by atoms with van der Waals surface area (Å²) in [6.07, 6.45) is 3.39. The quantitative estimate of drug-likeness (QED) is 0.843. The van der Waals surface area contributed by atoms with Crippen molar-refractivity contribution in [3.8, 4) is 5.88 Å². The van der Waals surface area contributed by atoms with Crippen LogP contribution in [0.4, 0.5) is 0 Å². The van der Waals surface area contributed by atoms with Crippen molar-refractivity contribution < 1.29 is 9.53 Å². The lowest BCUT2D eigenvalue weighted by atomic mass is 10.1. The lowest BCUT2D eigenvalue weighted by Gasteiger charge is -2.32. The van der Waals surface area contributed by atoms with Gasteiger partial charge in [0.15, 0.2) is 0 Å². The number of nitrogens with zero attached hydrogens (tertiary/aromatic N) is 3. The monoisotopic (exact) mass is 361 g/mol. The molecule has 0 aliphatic carbocycles. The predicted octanol–water partition coefficient (Wildman–Crippen LogP) is 2.92. The van der Waals surface area contributed by atoms with E-state index in [1.54, 1.807) is 18.3 Å². The first-order valence-electron chi connectivity index (χ1n) is 7.22. The van der Waals surface area contributed by atoms with E-state index in [0.29, 0.717) is 18.0 Å². The highest BCUT2D eigenvalue weighted by Crippen LogP contribution is 2.21. The molecule has 2 heterocycles. The van der Waals surface area contributed by atoms with Crippen LogP contribution in [-0.2, 0) is 0 Å². The maximum atomic E-state index is 12.6. The van der Waals surface area contributed by atoms with Gasteiger partial charge in [-0.25, -0.2) is 0 Å². The van der Waals surface area contributed by atoms with Gasteiger partial charge in [-0.2, -0.15) is 5.10 Å². The van der Waals surface area contributed by atoms with Crippen molar-refractivity contribution in [2.75, 3.05) is 13.1 Å². The molecule has 6 heteroatoms. The molecular weight excluding hydrogens is 346 g/mol. The van der Waals surface area contributed by atoms with Crippen LogP contribution in [0, 0.1) is 0 Å². The van der Waals surface area contributed by atoms with Crippen LogP contribution in [0.15, 0.2) is 47.1 Å². The van der Waals surface area contributed by atoms with E-state index in [1.807, 2.05) is 29.2 Å². The first-order chi connectivity index (χ1) is 10.7. The number of benzene rings is 1. The number of aromatic nitrogens is 2. The molecule has 0 bridgehead atoms. The van der Waals surface area contributed by atoms with Crippen molar-refractivity contribution in [2.24, 2.45) is 0 Å². The summed E-state index contributed by atoms with van der Waals surface area (Å²) in [5, 5.41) is 7.73. The fourth-order valence-corrected chi connectivity index (χ4v) is 3.00. The van der Waals surface area contributed by atoms with Gasteiger partial charge in [0.05, 0.1) is 12.1 Å². The Kier molecular flexibility index (Phi) is 4.68. The molecule has 1 aliphatic heterocycles. The first kappa shape index (κ1) is 15.0. The van der Waals surface area contributed by atoms with E-state index in [0.717, 1.165) is 23.9 Å². The van der Waals surface area contributed by atoms with Gasteiger partial charge in [0, 0.05) is 23.3 Å². The highest BCUT2D eigenvalue weighted by molar-refractivity contribution is 9.10. The molecule has 2 aromatic rings. The summed E-state index contributed by atoms with van der Waals surface area (Å²) in [5.41, 5.74) is 0.683. The topological polar surface area (TPSA) is 55.3 Å². The van der Waals surface area contributed by atoms with Crippen LogP contribution in [0.2, 0.25) is 0 Å². The number of likely N-dealkylation sites (tertiary alicyclic amines) is 1. The van der Waals surface area contributed by atoms with Gasteiger partial charge in [-0.05, 0) is 47.0 Å². The van der Waals surface area contributed by atoms with Gasteiger partial charge in [0.1, 0.15) is 6.10 Å². The van der Waals surface area contributed by atoms with Crippen molar-refractivity contribution in [1.82, 2.24) is 15.1 Å². The Balaban J connectivity index is 1.68. The third-order valence-corrected chi connectivity index (χ3v) is 4.30. The Morgan fingerprint density at radius 3 is 2.91 bits per heavy atom. The minimum atomic E-state index is -0.0445. The average molecular weight is 362 g/mol. The van der Waals surface area contributed by atoms with Crippen LogP contribution < -0.4 is 4.74 Å². The van der Waals surface area contributed by atoms with Gasteiger partial charge in [-0.3, -0.25) is 4.79 Å². The average Bonchev–Trinajstić information content (AvgIpc) is 2.56. The molecule has 5 nitrogen and oxygen atoms in total. The second kappa shape index (κ2) is 6.87. The third-order valence-electron chi connectivity index (χ3n) is 3.60. The van der Waals surface area contributed by atoms with E-state index < -0.39 is 0 Å². The second-order valence-electron chi connectivity index (χ2n) is 5.17. The Hall–Kier alpha value is -1.95. The van der Waals surface area contributed by atoms with E-state index in [9.17, 15) is 4.79 Å². The molecule has 3 rings (SSSR count). The molecule has 1 aliphatic rings. The number of ether oxygens (including phenoxy) is 1. The number of carbonyl (C=O) groups excluding carboxylic acids is 1. The Bertz CT molecular complexity index is 651. The van der Waals surface area contributed by atoms with Crippen LogP contribution in [0.25, 0.3) is 0 Å². The van der Waals surface area contributed by atoms with Crippen LogP contribution in [0.3, 0.4) is 0 Å². The zero-order valence-corrected chi connectivity index (χ0v) is 13.6. The maximum Gasteiger partial charge on any atom is 0.255 e. The zero-order chi connectivity index (χ0) is 15.4. The Labute approximate surface area is 137 Å². The summed E-state index contributed by atoms with van der Waals surface area (Å²) in [6, 6.07) is 11.0. The smallest absolute Gasteiger partial charge is 0.255 e. The predicted molar refractivity (Wildman–Crippen MR) is 85.7 cm³/mol. The van der Waals surface area contributed by atoms with Crippen LogP contribution in [0.1, 0.15) is 23.2 Å². The van der Waals surface area contributed by atoms with Gasteiger partial charge < -0.3 is 9.64 Å². The van der Waals surface area contributed by atoms with Crippen molar-refractivity contribution >= 4 is 21.8 Å². The minimum absolute atomic E-state index is 0.0277. The number of hydrogen-bond acceptors (Lipinski definition) is 4. The standard InChI is InChI=1S/C16H16BrN3O2/c17-14-7-2-1-6-13(14)16(21)20-10-4-5-12(11-20)22-15-8-3-9-18-19-15/h1-3,6-9,12H,4-5,10-11H2. The van der Waals surface area contributed by atoms with Crippen molar-refractivity contribution in [3.63, 3.8) is 0 Å². The van der Waals surface area contributed by atoms with E-state index in [1.165, 1.54) is 0 Å². The molecule has 1 saturated heterocycles. The summed E-state index contributed by atoms with van der Waals surface area (Å²) in [7, 11) is 0. The zero-order valence-electron chi connectivity index (χ0n) is 12.0. The van der Waals surface area contributed by atoms with E-state index in [2.05, 4.69) is 26.1 Å². The normalized spacial score (nSPS) is 18.0. The molecule has 114 valence electrons. The van der Waals surface area contributed by atoms with E-state index in [-0.39, 0.29) is 12.0 Å². The lowest BCUT2D eigenvalue weighted by molar-refractivity contribution is 0.0525. The summed E-state index contributed by atoms with van der Waals surface area (Å²) in [4.78, 5) is 14.5. The Morgan fingerprint density at radius 1 is 1.27 bits per heavy atom. The summed E-state index contributed by atoms with van der Waals surface area (Å²) in [6.45, 7) is 1.32. The van der Waals surface area contributed by atoms with Crippen molar-refractivity contribution in [2.45, 2.75) is 18.9 Å². The molecule has 0 radical (unpaired) electrons. The molecule has 0 spiro atoms. The maximum absolute atomic E-state index is 12.6. The lowest BCUT2D eigenvalue weighted by Crippen LogP contribution is -2.44.